The molecule has 180 valence electrons. The molecule has 6 nitrogen and oxygen atoms in total. The van der Waals surface area contributed by atoms with Gasteiger partial charge in [-0.2, -0.15) is 0 Å². The first kappa shape index (κ1) is 24.3. The van der Waals surface area contributed by atoms with Gasteiger partial charge in [-0.15, -0.1) is 0 Å². The summed E-state index contributed by atoms with van der Waals surface area (Å²) < 4.78 is 30.5. The second kappa shape index (κ2) is 11.6. The van der Waals surface area contributed by atoms with E-state index in [0.29, 0.717) is 34.8 Å². The lowest BCUT2D eigenvalue weighted by molar-refractivity contribution is -0.115. The Morgan fingerprint density at radius 2 is 1.74 bits per heavy atom. The number of benzene rings is 3. The molecule has 4 rings (SSSR count). The second-order valence-corrected chi connectivity index (χ2v) is 8.50. The Morgan fingerprint density at radius 1 is 0.943 bits per heavy atom. The molecular formula is C27H25FN2O4S. The second-order valence-electron chi connectivity index (χ2n) is 7.47. The fourth-order valence-corrected chi connectivity index (χ4v) is 4.16. The van der Waals surface area contributed by atoms with E-state index in [-0.39, 0.29) is 18.3 Å². The largest absolute Gasteiger partial charge is 0.494 e. The van der Waals surface area contributed by atoms with E-state index >= 15 is 0 Å². The molecule has 1 aliphatic rings. The van der Waals surface area contributed by atoms with Crippen LogP contribution in [-0.2, 0) is 11.4 Å². The quantitative estimate of drug-likeness (QED) is 0.366. The maximum absolute atomic E-state index is 13.4. The number of thioether (sulfide) groups is 1. The molecule has 0 aromatic heterocycles. The highest BCUT2D eigenvalue weighted by molar-refractivity contribution is 8.18. The van der Waals surface area contributed by atoms with Gasteiger partial charge in [0.1, 0.15) is 18.2 Å². The molecule has 35 heavy (non-hydrogen) atoms. The van der Waals surface area contributed by atoms with E-state index in [9.17, 15) is 9.18 Å². The first-order valence-electron chi connectivity index (χ1n) is 11.2. The van der Waals surface area contributed by atoms with Crippen LogP contribution in [0.3, 0.4) is 0 Å². The molecule has 0 bridgehead atoms. The molecule has 3 aromatic carbocycles. The van der Waals surface area contributed by atoms with Crippen LogP contribution < -0.4 is 19.5 Å². The predicted octanol–water partition coefficient (Wildman–Crippen LogP) is 6.09. The first-order valence-corrected chi connectivity index (χ1v) is 12.0. The summed E-state index contributed by atoms with van der Waals surface area (Å²) in [4.78, 5) is 17.5. The van der Waals surface area contributed by atoms with Gasteiger partial charge in [0.2, 0.25) is 0 Å². The number of amides is 1. The van der Waals surface area contributed by atoms with Crippen molar-refractivity contribution in [1.29, 1.82) is 0 Å². The predicted molar refractivity (Wildman–Crippen MR) is 137 cm³/mol. The number of aliphatic imine (C=N–C) groups is 1. The Balaban J connectivity index is 1.48. The minimum Gasteiger partial charge on any atom is -0.494 e. The van der Waals surface area contributed by atoms with Gasteiger partial charge < -0.3 is 19.5 Å². The zero-order valence-corrected chi connectivity index (χ0v) is 20.2. The average molecular weight is 493 g/mol. The molecule has 1 fully saturated rings. The number of amidine groups is 1. The zero-order valence-electron chi connectivity index (χ0n) is 19.4. The highest BCUT2D eigenvalue weighted by Crippen LogP contribution is 2.33. The summed E-state index contributed by atoms with van der Waals surface area (Å²) >= 11 is 1.27. The van der Waals surface area contributed by atoms with Crippen molar-refractivity contribution in [2.75, 3.05) is 13.2 Å². The molecule has 1 saturated heterocycles. The Hall–Kier alpha value is -3.78. The summed E-state index contributed by atoms with van der Waals surface area (Å²) in [6.07, 6.45) is 1.78. The van der Waals surface area contributed by atoms with Crippen LogP contribution >= 0.6 is 11.8 Å². The van der Waals surface area contributed by atoms with E-state index < -0.39 is 0 Å². The van der Waals surface area contributed by atoms with Crippen molar-refractivity contribution in [1.82, 2.24) is 5.32 Å². The molecule has 0 radical (unpaired) electrons. The first-order chi connectivity index (χ1) is 17.0. The number of carbonyl (C=O) groups excluding carboxylic acids is 1. The minimum absolute atomic E-state index is 0.210. The lowest BCUT2D eigenvalue weighted by Crippen LogP contribution is -2.19. The smallest absolute Gasteiger partial charge is 0.264 e. The fraction of sp³-hybridized carbons (Fsp3) is 0.185. The van der Waals surface area contributed by atoms with Crippen LogP contribution in [0.1, 0.15) is 25.0 Å². The Labute approximate surface area is 207 Å². The maximum Gasteiger partial charge on any atom is 0.264 e. The number of nitrogens with one attached hydrogen (secondary N) is 1. The molecule has 0 unspecified atom stereocenters. The topological polar surface area (TPSA) is 69.2 Å². The van der Waals surface area contributed by atoms with Crippen molar-refractivity contribution in [3.63, 3.8) is 0 Å². The van der Waals surface area contributed by atoms with Crippen molar-refractivity contribution >= 4 is 34.6 Å². The highest BCUT2D eigenvalue weighted by atomic mass is 32.2. The van der Waals surface area contributed by atoms with Crippen LogP contribution in [0.2, 0.25) is 0 Å². The summed E-state index contributed by atoms with van der Waals surface area (Å²) in [7, 11) is 0. The van der Waals surface area contributed by atoms with Gasteiger partial charge in [0.25, 0.3) is 5.91 Å². The van der Waals surface area contributed by atoms with Gasteiger partial charge in [-0.05, 0) is 91.3 Å². The molecule has 0 spiro atoms. The Morgan fingerprint density at radius 3 is 2.49 bits per heavy atom. The van der Waals surface area contributed by atoms with Gasteiger partial charge in [0.15, 0.2) is 16.7 Å². The number of halogens is 1. The molecule has 1 heterocycles. The lowest BCUT2D eigenvalue weighted by Gasteiger charge is -2.13. The van der Waals surface area contributed by atoms with Crippen LogP contribution in [0.4, 0.5) is 10.1 Å². The summed E-state index contributed by atoms with van der Waals surface area (Å²) in [6.45, 7) is 5.06. The SMILES string of the molecule is CCOc1ccc(N=C2NC(=O)/C(=C\c3ccc(OCc4cccc(F)c4)c(OCC)c3)S2)cc1. The van der Waals surface area contributed by atoms with Crippen molar-refractivity contribution in [2.24, 2.45) is 4.99 Å². The monoisotopic (exact) mass is 492 g/mol. The molecule has 0 saturated carbocycles. The molecule has 1 aliphatic heterocycles. The summed E-state index contributed by atoms with van der Waals surface area (Å²) in [6, 6.07) is 19.1. The lowest BCUT2D eigenvalue weighted by atomic mass is 10.2. The summed E-state index contributed by atoms with van der Waals surface area (Å²) in [5.41, 5.74) is 2.22. The van der Waals surface area contributed by atoms with Gasteiger partial charge in [-0.3, -0.25) is 4.79 Å². The minimum atomic E-state index is -0.309. The van der Waals surface area contributed by atoms with Crippen LogP contribution in [0.5, 0.6) is 17.2 Å². The number of hydrogen-bond donors (Lipinski definition) is 1. The van der Waals surface area contributed by atoms with Crippen molar-refractivity contribution in [3.05, 3.63) is 88.6 Å². The van der Waals surface area contributed by atoms with E-state index in [1.807, 2.05) is 50.2 Å². The number of rotatable bonds is 9. The summed E-state index contributed by atoms with van der Waals surface area (Å²) in [5, 5.41) is 3.30. The van der Waals surface area contributed by atoms with Crippen LogP contribution in [0.15, 0.2) is 76.6 Å². The van der Waals surface area contributed by atoms with Gasteiger partial charge in [0, 0.05) is 0 Å². The Bertz CT molecular complexity index is 1260. The van der Waals surface area contributed by atoms with Gasteiger partial charge >= 0.3 is 0 Å². The molecule has 8 heteroatoms. The normalized spacial score (nSPS) is 15.3. The van der Waals surface area contributed by atoms with Gasteiger partial charge in [0.05, 0.1) is 23.8 Å². The molecule has 0 aliphatic carbocycles. The molecule has 0 atom stereocenters. The third-order valence-electron chi connectivity index (χ3n) is 4.88. The number of hydrogen-bond acceptors (Lipinski definition) is 6. The number of ether oxygens (including phenoxy) is 3. The Kier molecular flexibility index (Phi) is 8.05. The third-order valence-corrected chi connectivity index (χ3v) is 5.79. The fourth-order valence-electron chi connectivity index (χ4n) is 3.32. The molecule has 1 N–H and O–H groups in total. The maximum atomic E-state index is 13.4. The van der Waals surface area contributed by atoms with E-state index in [4.69, 9.17) is 14.2 Å². The third kappa shape index (κ3) is 6.64. The van der Waals surface area contributed by atoms with Crippen LogP contribution in [0.25, 0.3) is 6.08 Å². The van der Waals surface area contributed by atoms with E-state index in [0.717, 1.165) is 22.6 Å². The zero-order chi connectivity index (χ0) is 24.6. The van der Waals surface area contributed by atoms with E-state index in [1.165, 1.54) is 23.9 Å². The van der Waals surface area contributed by atoms with Crippen LogP contribution in [0, 0.1) is 5.82 Å². The molecular weight excluding hydrogens is 467 g/mol. The molecule has 3 aromatic rings. The van der Waals surface area contributed by atoms with E-state index in [2.05, 4.69) is 10.3 Å². The van der Waals surface area contributed by atoms with Gasteiger partial charge in [-0.1, -0.05) is 18.2 Å². The van der Waals surface area contributed by atoms with Gasteiger partial charge in [-0.25, -0.2) is 9.38 Å². The van der Waals surface area contributed by atoms with E-state index in [1.54, 1.807) is 24.3 Å². The molecule has 1 amide bonds. The number of carbonyl (C=O) groups is 1. The number of nitrogens with zero attached hydrogens (tertiary/aromatic N) is 1. The van der Waals surface area contributed by atoms with Crippen molar-refractivity contribution in [3.8, 4) is 17.2 Å². The van der Waals surface area contributed by atoms with Crippen molar-refractivity contribution < 1.29 is 23.4 Å². The standard InChI is InChI=1S/C27H25FN2O4S/c1-3-32-22-11-9-21(10-12-22)29-27-30-26(31)25(35-27)16-18-8-13-23(24(15-18)33-4-2)34-17-19-6-5-7-20(28)14-19/h5-16H,3-4,17H2,1-2H3,(H,29,30,31)/b25-16+. The van der Waals surface area contributed by atoms with Crippen molar-refractivity contribution in [2.45, 2.75) is 20.5 Å². The van der Waals surface area contributed by atoms with Crippen LogP contribution in [-0.4, -0.2) is 24.3 Å². The average Bonchev–Trinajstić information content (AvgIpc) is 3.18. The summed E-state index contributed by atoms with van der Waals surface area (Å²) in [5.74, 6) is 1.33. The highest BCUT2D eigenvalue weighted by Gasteiger charge is 2.24.